The SMILES string of the molecule is Cc1c(F)cc(-c2ccccc2)cc1-c1ccccc1.Cc1c(F)cc(-c2ccccc2)cc1F.Cc1cc(-c2cccnc2)cc(-c2cccnc2)c1.Cc1cc(-c2ccncc2)cc(-c2ccncc2)c1.Cc1cc(-c2cncnc2)cc(-c2cncnc2)c1. The third-order valence-electron chi connectivity index (χ3n) is 15.0. The van der Waals surface area contributed by atoms with Gasteiger partial charge in [-0.3, -0.25) is 19.9 Å². The lowest BCUT2D eigenvalue weighted by atomic mass is 9.95. The quantitative estimate of drug-likeness (QED) is 0.141. The summed E-state index contributed by atoms with van der Waals surface area (Å²) in [6, 6.07) is 71.1. The van der Waals surface area contributed by atoms with Crippen molar-refractivity contribution < 1.29 is 13.2 Å². The Hall–Kier alpha value is -11.7. The van der Waals surface area contributed by atoms with Crippen molar-refractivity contribution in [1.82, 2.24) is 39.9 Å². The average Bonchev–Trinajstić information content (AvgIpc) is 0.982. The van der Waals surface area contributed by atoms with Crippen molar-refractivity contribution in [3.05, 3.63) is 351 Å². The summed E-state index contributed by atoms with van der Waals surface area (Å²) in [4.78, 5) is 32.7. The van der Waals surface area contributed by atoms with E-state index in [4.69, 9.17) is 0 Å². The lowest BCUT2D eigenvalue weighted by Crippen LogP contribution is -1.90. The molecule has 0 atom stereocenters. The van der Waals surface area contributed by atoms with E-state index < -0.39 is 11.6 Å². The van der Waals surface area contributed by atoms with Gasteiger partial charge in [-0.25, -0.2) is 33.1 Å². The molecule has 6 heterocycles. The topological polar surface area (TPSA) is 103 Å². The first-order valence-corrected chi connectivity index (χ1v) is 29.8. The summed E-state index contributed by atoms with van der Waals surface area (Å²) in [6.07, 6.45) is 25.0. The van der Waals surface area contributed by atoms with E-state index in [1.54, 1.807) is 18.5 Å². The number of hydrogen-bond donors (Lipinski definition) is 0. The second-order valence-electron chi connectivity index (χ2n) is 21.8. The molecule has 0 spiro atoms. The minimum absolute atomic E-state index is 0.0645. The minimum Gasteiger partial charge on any atom is -0.265 e. The Balaban J connectivity index is 0.000000126. The van der Waals surface area contributed by atoms with Gasteiger partial charge in [0.05, 0.1) is 0 Å². The highest BCUT2D eigenvalue weighted by Gasteiger charge is 2.12. The van der Waals surface area contributed by atoms with Crippen molar-refractivity contribution in [3.63, 3.8) is 0 Å². The average molecular weight is 1210 g/mol. The summed E-state index contributed by atoms with van der Waals surface area (Å²) < 4.78 is 40.8. The first kappa shape index (κ1) is 63.3. The fourth-order valence-corrected chi connectivity index (χ4v) is 10.2. The third-order valence-corrected chi connectivity index (χ3v) is 15.0. The van der Waals surface area contributed by atoms with Crippen LogP contribution in [-0.2, 0) is 0 Å². The van der Waals surface area contributed by atoms with Crippen molar-refractivity contribution in [2.75, 3.05) is 0 Å². The van der Waals surface area contributed by atoms with Gasteiger partial charge in [-0.2, -0.15) is 0 Å². The molecule has 450 valence electrons. The van der Waals surface area contributed by atoms with E-state index in [-0.39, 0.29) is 11.4 Å². The van der Waals surface area contributed by atoms with E-state index in [1.807, 2.05) is 196 Å². The highest BCUT2D eigenvalue weighted by Crippen LogP contribution is 2.33. The van der Waals surface area contributed by atoms with Crippen LogP contribution in [0.5, 0.6) is 0 Å². The molecule has 8 aromatic carbocycles. The van der Waals surface area contributed by atoms with Crippen LogP contribution in [0.2, 0.25) is 0 Å². The van der Waals surface area contributed by atoms with Crippen LogP contribution in [0, 0.1) is 52.1 Å². The summed E-state index contributed by atoms with van der Waals surface area (Å²) in [5, 5.41) is 0. The van der Waals surface area contributed by atoms with Crippen molar-refractivity contribution in [2.45, 2.75) is 34.6 Å². The summed E-state index contributed by atoms with van der Waals surface area (Å²) in [5.41, 5.74) is 23.4. The minimum atomic E-state index is -0.506. The predicted molar refractivity (Wildman–Crippen MR) is 367 cm³/mol. The van der Waals surface area contributed by atoms with Crippen LogP contribution >= 0.6 is 0 Å². The van der Waals surface area contributed by atoms with E-state index >= 15 is 0 Å². The Morgan fingerprint density at radius 2 is 0.489 bits per heavy atom. The molecular formula is C81H65F3N8. The Labute approximate surface area is 535 Å². The van der Waals surface area contributed by atoms with E-state index in [0.29, 0.717) is 11.1 Å². The van der Waals surface area contributed by atoms with Crippen molar-refractivity contribution in [1.29, 1.82) is 0 Å². The molecule has 0 fully saturated rings. The van der Waals surface area contributed by atoms with Crippen LogP contribution in [0.25, 0.3) is 100 Å². The van der Waals surface area contributed by atoms with Gasteiger partial charge in [-0.05, 0) is 214 Å². The molecule has 0 radical (unpaired) electrons. The number of halogens is 3. The van der Waals surface area contributed by atoms with Crippen LogP contribution in [-0.4, -0.2) is 39.9 Å². The molecule has 8 nitrogen and oxygen atoms in total. The molecule has 0 saturated heterocycles. The fraction of sp³-hybridized carbons (Fsp3) is 0.0617. The Bertz CT molecular complexity index is 4120. The summed E-state index contributed by atoms with van der Waals surface area (Å²) >= 11 is 0. The number of aromatic nitrogens is 8. The maximum Gasteiger partial charge on any atom is 0.129 e. The number of hydrogen-bond acceptors (Lipinski definition) is 8. The molecule has 0 aliphatic heterocycles. The highest BCUT2D eigenvalue weighted by atomic mass is 19.1. The van der Waals surface area contributed by atoms with Gasteiger partial charge in [-0.15, -0.1) is 0 Å². The first-order chi connectivity index (χ1) is 44.9. The van der Waals surface area contributed by atoms with Gasteiger partial charge in [0.15, 0.2) is 0 Å². The molecule has 92 heavy (non-hydrogen) atoms. The van der Waals surface area contributed by atoms with E-state index in [9.17, 15) is 13.2 Å². The zero-order valence-corrected chi connectivity index (χ0v) is 51.6. The molecule has 0 aliphatic carbocycles. The molecule has 0 unspecified atom stereocenters. The molecule has 0 amide bonds. The standard InChI is InChI=1S/C19H15F.2C17H14N2.C15H12N4.C13H10F2/c1-14-18(16-10-6-3-7-11-16)12-17(13-19(14)20)15-8-4-2-5-9-15;1-13-10-16(14-2-6-18-7-3-14)12-17(11-13)15-4-8-19-9-5-15;1-13-8-16(14-4-2-6-18-11-14)10-17(9-13)15-5-3-7-19-12-15;1-11-2-12(14-5-16-9-17-6-14)4-13(3-11)15-7-18-10-19-8-15;1-9-12(14)7-11(8-13(9)15)10-5-3-2-4-6-10/h2-13H,1H3;2*2-12H,1H3;2-10H,1H3;2-8H,1H3. The van der Waals surface area contributed by atoms with Gasteiger partial charge < -0.3 is 0 Å². The number of pyridine rings is 4. The van der Waals surface area contributed by atoms with Gasteiger partial charge >= 0.3 is 0 Å². The molecule has 14 aromatic rings. The molecule has 11 heteroatoms. The second kappa shape index (κ2) is 31.5. The number of aryl methyl sites for hydroxylation is 3. The Kier molecular flexibility index (Phi) is 21.7. The van der Waals surface area contributed by atoms with Crippen LogP contribution in [0.3, 0.4) is 0 Å². The van der Waals surface area contributed by atoms with Crippen LogP contribution in [0.4, 0.5) is 13.2 Å². The smallest absolute Gasteiger partial charge is 0.129 e. The van der Waals surface area contributed by atoms with Gasteiger partial charge in [0.1, 0.15) is 30.1 Å². The van der Waals surface area contributed by atoms with Crippen LogP contribution in [0.1, 0.15) is 27.8 Å². The lowest BCUT2D eigenvalue weighted by Gasteiger charge is -2.11. The van der Waals surface area contributed by atoms with Crippen molar-refractivity contribution in [2.24, 2.45) is 0 Å². The van der Waals surface area contributed by atoms with Gasteiger partial charge in [0, 0.05) is 102 Å². The largest absolute Gasteiger partial charge is 0.265 e. The van der Waals surface area contributed by atoms with E-state index in [2.05, 4.69) is 133 Å². The van der Waals surface area contributed by atoms with Crippen molar-refractivity contribution >= 4 is 0 Å². The van der Waals surface area contributed by atoms with Gasteiger partial charge in [0.2, 0.25) is 0 Å². The molecule has 6 aromatic heterocycles. The van der Waals surface area contributed by atoms with Gasteiger partial charge in [0.25, 0.3) is 0 Å². The zero-order chi connectivity index (χ0) is 64.0. The molecule has 0 bridgehead atoms. The van der Waals surface area contributed by atoms with Crippen LogP contribution < -0.4 is 0 Å². The monoisotopic (exact) mass is 1210 g/mol. The van der Waals surface area contributed by atoms with Gasteiger partial charge in [-0.1, -0.05) is 140 Å². The summed E-state index contributed by atoms with van der Waals surface area (Å²) in [7, 11) is 0. The molecule has 0 N–H and O–H groups in total. The normalized spacial score (nSPS) is 10.4. The number of nitrogens with zero attached hydrogens (tertiary/aromatic N) is 8. The zero-order valence-electron chi connectivity index (χ0n) is 51.6. The summed E-state index contributed by atoms with van der Waals surface area (Å²) in [5.74, 6) is -1.17. The van der Waals surface area contributed by atoms with E-state index in [1.165, 1.54) is 81.8 Å². The van der Waals surface area contributed by atoms with E-state index in [0.717, 1.165) is 61.2 Å². The van der Waals surface area contributed by atoms with Crippen LogP contribution in [0.15, 0.2) is 305 Å². The summed E-state index contributed by atoms with van der Waals surface area (Å²) in [6.45, 7) is 9.56. The second-order valence-corrected chi connectivity index (χ2v) is 21.8. The Morgan fingerprint density at radius 3 is 0.848 bits per heavy atom. The molecule has 0 saturated carbocycles. The third kappa shape index (κ3) is 17.3. The van der Waals surface area contributed by atoms with Crippen molar-refractivity contribution in [3.8, 4) is 100 Å². The maximum absolute atomic E-state index is 14.2. The fourth-order valence-electron chi connectivity index (χ4n) is 10.2. The number of benzene rings is 8. The molecular weight excluding hydrogens is 1140 g/mol. The number of rotatable bonds is 9. The lowest BCUT2D eigenvalue weighted by molar-refractivity contribution is 0.569. The highest BCUT2D eigenvalue weighted by molar-refractivity contribution is 5.78. The Morgan fingerprint density at radius 1 is 0.207 bits per heavy atom. The predicted octanol–water partition coefficient (Wildman–Crippen LogP) is 20.6. The molecule has 14 rings (SSSR count). The first-order valence-electron chi connectivity index (χ1n) is 29.8. The maximum atomic E-state index is 14.2. The molecule has 0 aliphatic rings.